The molecule has 21 heavy (non-hydrogen) atoms. The van der Waals surface area contributed by atoms with Crippen molar-refractivity contribution in [3.63, 3.8) is 0 Å². The summed E-state index contributed by atoms with van der Waals surface area (Å²) in [5.41, 5.74) is 4.93. The van der Waals surface area contributed by atoms with E-state index in [0.717, 1.165) is 12.8 Å². The fourth-order valence-corrected chi connectivity index (χ4v) is 1.84. The van der Waals surface area contributed by atoms with Crippen LogP contribution in [0.4, 0.5) is 13.2 Å². The third kappa shape index (κ3) is 2.99. The molecule has 2 heterocycles. The van der Waals surface area contributed by atoms with Gasteiger partial charge in [0.05, 0.1) is 17.4 Å². The second-order valence-corrected chi connectivity index (χ2v) is 5.18. The quantitative estimate of drug-likeness (QED) is 0.908. The molecule has 0 unspecified atom stereocenters. The molecule has 0 radical (unpaired) electrons. The third-order valence-electron chi connectivity index (χ3n) is 3.33. The van der Waals surface area contributed by atoms with Gasteiger partial charge in [0, 0.05) is 11.8 Å². The molecule has 3 rings (SSSR count). The van der Waals surface area contributed by atoms with E-state index in [1.165, 1.54) is 24.5 Å². The highest BCUT2D eigenvalue weighted by Crippen LogP contribution is 2.38. The Kier molecular flexibility index (Phi) is 3.12. The minimum atomic E-state index is -4.60. The van der Waals surface area contributed by atoms with Gasteiger partial charge in [0.2, 0.25) is 0 Å². The summed E-state index contributed by atoms with van der Waals surface area (Å²) in [5, 5.41) is 6.23. The number of H-pyrrole nitrogens is 1. The van der Waals surface area contributed by atoms with E-state index in [-0.39, 0.29) is 18.1 Å². The Labute approximate surface area is 118 Å². The van der Waals surface area contributed by atoms with Gasteiger partial charge in [-0.2, -0.15) is 18.3 Å². The van der Waals surface area contributed by atoms with E-state index >= 15 is 0 Å². The summed E-state index contributed by atoms with van der Waals surface area (Å²) in [6.07, 6.45) is -0.200. The number of hydrogen-bond donors (Lipinski definition) is 2. The van der Waals surface area contributed by atoms with Crippen LogP contribution < -0.4 is 10.5 Å². The smallest absolute Gasteiger partial charge is 0.437 e. The Hall–Kier alpha value is -2.09. The number of pyridine rings is 1. The van der Waals surface area contributed by atoms with Gasteiger partial charge in [-0.1, -0.05) is 0 Å². The molecule has 2 aromatic rings. The zero-order valence-electron chi connectivity index (χ0n) is 10.9. The molecule has 0 aromatic carbocycles. The molecule has 1 aliphatic rings. The number of alkyl halides is 3. The summed E-state index contributed by atoms with van der Waals surface area (Å²) >= 11 is 0. The van der Waals surface area contributed by atoms with E-state index < -0.39 is 17.4 Å². The molecule has 112 valence electrons. The number of aromatic nitrogens is 3. The normalized spacial score (nSPS) is 16.8. The zero-order chi connectivity index (χ0) is 15.1. The van der Waals surface area contributed by atoms with Crippen LogP contribution in [0.15, 0.2) is 24.5 Å². The summed E-state index contributed by atoms with van der Waals surface area (Å²) in [6, 6.07) is 2.73. The Balaban J connectivity index is 1.91. The van der Waals surface area contributed by atoms with Crippen molar-refractivity contribution in [3.05, 3.63) is 30.2 Å². The summed E-state index contributed by atoms with van der Waals surface area (Å²) in [5.74, 6) is -0.300. The number of hydrogen-bond acceptors (Lipinski definition) is 4. The van der Waals surface area contributed by atoms with Crippen LogP contribution in [0.3, 0.4) is 0 Å². The van der Waals surface area contributed by atoms with E-state index in [4.69, 9.17) is 10.5 Å². The predicted molar refractivity (Wildman–Crippen MR) is 68.5 cm³/mol. The first-order valence-corrected chi connectivity index (χ1v) is 6.36. The number of nitrogens with one attached hydrogen (secondary N) is 1. The predicted octanol–water partition coefficient (Wildman–Crippen LogP) is 2.36. The molecule has 0 bridgehead atoms. The monoisotopic (exact) mass is 298 g/mol. The summed E-state index contributed by atoms with van der Waals surface area (Å²) < 4.78 is 44.6. The fourth-order valence-electron chi connectivity index (χ4n) is 1.84. The van der Waals surface area contributed by atoms with Crippen molar-refractivity contribution in [1.82, 2.24) is 15.2 Å². The van der Waals surface area contributed by atoms with Crippen LogP contribution in [0, 0.1) is 0 Å². The van der Waals surface area contributed by atoms with Gasteiger partial charge in [-0.15, -0.1) is 0 Å². The highest BCUT2D eigenvalue weighted by atomic mass is 19.4. The SMILES string of the molecule is NC1(COc2ccc(-c3cn[nH]c3)nc2C(F)(F)F)CC1. The molecule has 0 aliphatic heterocycles. The van der Waals surface area contributed by atoms with Gasteiger partial charge in [-0.05, 0) is 25.0 Å². The van der Waals surface area contributed by atoms with Gasteiger partial charge < -0.3 is 10.5 Å². The maximum atomic E-state index is 13.1. The topological polar surface area (TPSA) is 76.8 Å². The van der Waals surface area contributed by atoms with Gasteiger partial charge >= 0.3 is 6.18 Å². The maximum Gasteiger partial charge on any atom is 0.437 e. The van der Waals surface area contributed by atoms with Gasteiger partial charge in [0.1, 0.15) is 12.4 Å². The van der Waals surface area contributed by atoms with Crippen LogP contribution in [0.1, 0.15) is 18.5 Å². The molecular formula is C13H13F3N4O. The van der Waals surface area contributed by atoms with Crippen LogP contribution in [0.5, 0.6) is 5.75 Å². The van der Waals surface area contributed by atoms with Crippen molar-refractivity contribution in [2.24, 2.45) is 5.73 Å². The molecule has 1 fully saturated rings. The number of nitrogens with two attached hydrogens (primary N) is 1. The third-order valence-corrected chi connectivity index (χ3v) is 3.33. The molecule has 0 saturated heterocycles. The van der Waals surface area contributed by atoms with Gasteiger partial charge in [-0.3, -0.25) is 5.10 Å². The summed E-state index contributed by atoms with van der Waals surface area (Å²) in [7, 11) is 0. The molecule has 2 aromatic heterocycles. The zero-order valence-corrected chi connectivity index (χ0v) is 10.9. The molecule has 0 spiro atoms. The Bertz CT molecular complexity index is 635. The first-order valence-electron chi connectivity index (χ1n) is 6.36. The number of nitrogens with zero attached hydrogens (tertiary/aromatic N) is 2. The second kappa shape index (κ2) is 4.73. The van der Waals surface area contributed by atoms with E-state index in [0.29, 0.717) is 5.56 Å². The lowest BCUT2D eigenvalue weighted by Gasteiger charge is -2.16. The lowest BCUT2D eigenvalue weighted by molar-refractivity contribution is -0.142. The number of rotatable bonds is 4. The highest BCUT2D eigenvalue weighted by Gasteiger charge is 2.41. The van der Waals surface area contributed by atoms with Crippen molar-refractivity contribution in [3.8, 4) is 17.0 Å². The van der Waals surface area contributed by atoms with Gasteiger partial charge in [0.25, 0.3) is 0 Å². The Morgan fingerprint density at radius 2 is 2.10 bits per heavy atom. The van der Waals surface area contributed by atoms with Crippen molar-refractivity contribution in [2.45, 2.75) is 24.6 Å². The van der Waals surface area contributed by atoms with E-state index in [9.17, 15) is 13.2 Å². The highest BCUT2D eigenvalue weighted by molar-refractivity contribution is 5.58. The Morgan fingerprint density at radius 3 is 2.67 bits per heavy atom. The van der Waals surface area contributed by atoms with Gasteiger partial charge in [-0.25, -0.2) is 4.98 Å². The minimum Gasteiger partial charge on any atom is -0.489 e. The minimum absolute atomic E-state index is 0.0584. The van der Waals surface area contributed by atoms with Crippen LogP contribution in [-0.4, -0.2) is 27.3 Å². The van der Waals surface area contributed by atoms with Gasteiger partial charge in [0.15, 0.2) is 5.69 Å². The number of ether oxygens (including phenoxy) is 1. The maximum absolute atomic E-state index is 13.1. The van der Waals surface area contributed by atoms with E-state index in [2.05, 4.69) is 15.2 Å². The standard InChI is InChI=1S/C13H13F3N4O/c14-13(15,16)11-10(21-7-12(17)3-4-12)2-1-9(20-11)8-5-18-19-6-8/h1-2,5-6H,3-4,7,17H2,(H,18,19). The van der Waals surface area contributed by atoms with E-state index in [1.54, 1.807) is 0 Å². The molecule has 0 atom stereocenters. The van der Waals surface area contributed by atoms with Crippen molar-refractivity contribution >= 4 is 0 Å². The molecule has 3 N–H and O–H groups in total. The average molecular weight is 298 g/mol. The first-order chi connectivity index (χ1) is 9.87. The van der Waals surface area contributed by atoms with Crippen molar-refractivity contribution in [1.29, 1.82) is 0 Å². The number of halogens is 3. The van der Waals surface area contributed by atoms with Crippen LogP contribution in [-0.2, 0) is 6.18 Å². The largest absolute Gasteiger partial charge is 0.489 e. The molecule has 0 amide bonds. The molecule has 8 heteroatoms. The second-order valence-electron chi connectivity index (χ2n) is 5.18. The van der Waals surface area contributed by atoms with Crippen LogP contribution in [0.2, 0.25) is 0 Å². The Morgan fingerprint density at radius 1 is 1.33 bits per heavy atom. The lowest BCUT2D eigenvalue weighted by Crippen LogP contribution is -2.30. The van der Waals surface area contributed by atoms with Crippen molar-refractivity contribution in [2.75, 3.05) is 6.61 Å². The molecule has 1 aliphatic carbocycles. The summed E-state index contributed by atoms with van der Waals surface area (Å²) in [6.45, 7) is 0.0584. The van der Waals surface area contributed by atoms with Crippen LogP contribution in [0.25, 0.3) is 11.3 Å². The molecular weight excluding hydrogens is 285 g/mol. The molecule has 5 nitrogen and oxygen atoms in total. The van der Waals surface area contributed by atoms with Crippen molar-refractivity contribution < 1.29 is 17.9 Å². The lowest BCUT2D eigenvalue weighted by atomic mass is 10.2. The fraction of sp³-hybridized carbons (Fsp3) is 0.385. The van der Waals surface area contributed by atoms with Crippen LogP contribution >= 0.6 is 0 Å². The molecule has 1 saturated carbocycles. The average Bonchev–Trinajstić information content (AvgIpc) is 2.94. The summed E-state index contributed by atoms with van der Waals surface area (Å²) in [4.78, 5) is 3.66. The first kappa shape index (κ1) is 13.9. The van der Waals surface area contributed by atoms with E-state index in [1.807, 2.05) is 0 Å². The number of aromatic amines is 1.